The number of carbonyl (C=O) groups is 5. The standard InChI is InChI=1S/2C17H18N6O2.C9H9BrN2O.C9H8BrNO.C8H10N4O.2CH2O2/c2*1-23-13-6-14(25-2)12(5-11(13)8-20-23)21-15-7-16(19-9-18-15)22-17(24)10-3-4-10;1-12-8-4-9(13-2)7(10)3-6(8)5-11-12;1-12-9-3-7-5-11-4-6(7)2-8(9)10;9-6-3-7(11-4-10-6)12-8(13)5-1-2-5;2*2-1-3/h2*5-10H,3-4H2,1-2H3,(H2,18,19,21,22,24);3-5H,1-2H3;2-4H,5H2,1H3;3-5H,1-2H2,(H3,9,10,11,12,13);2*1H,(H,2,3). The van der Waals surface area contributed by atoms with Crippen LogP contribution in [0.3, 0.4) is 0 Å². The van der Waals surface area contributed by atoms with Crippen LogP contribution in [0.25, 0.3) is 32.7 Å². The number of amides is 3. The largest absolute Gasteiger partial charge is 0.496 e. The number of nitrogens with two attached hydrogens (primary N) is 1. The van der Waals surface area contributed by atoms with Gasteiger partial charge < -0.3 is 61.5 Å². The number of nitrogen functional groups attached to an aromatic ring is 1. The number of aliphatic imine (C=N–C) groups is 1. The fourth-order valence-corrected chi connectivity index (χ4v) is 9.94. The number of fused-ring (bicyclic) bond motifs is 4. The van der Waals surface area contributed by atoms with Crippen LogP contribution in [0.1, 0.15) is 49.7 Å². The van der Waals surface area contributed by atoms with Gasteiger partial charge in [-0.25, -0.2) is 29.9 Å². The van der Waals surface area contributed by atoms with Crippen molar-refractivity contribution in [3.63, 3.8) is 0 Å². The van der Waals surface area contributed by atoms with E-state index in [2.05, 4.69) is 109 Å². The molecule has 3 fully saturated rings. The van der Waals surface area contributed by atoms with Crippen LogP contribution in [0.15, 0.2) is 118 Å². The van der Waals surface area contributed by atoms with Gasteiger partial charge in [-0.1, -0.05) is 0 Å². The topological polar surface area (TPSA) is 392 Å². The molecule has 30 nitrogen and oxygen atoms in total. The highest BCUT2D eigenvalue weighted by molar-refractivity contribution is 9.11. The van der Waals surface area contributed by atoms with E-state index in [1.807, 2.05) is 86.8 Å². The summed E-state index contributed by atoms with van der Waals surface area (Å²) < 4.78 is 28.6. The zero-order valence-corrected chi connectivity index (χ0v) is 55.1. The van der Waals surface area contributed by atoms with Gasteiger partial charge in [-0.15, -0.1) is 0 Å². The SMILES string of the molecule is COc1cc2c(cc1Br)C=NC2.COc1cc2c(cnn2C)cc1Br.COc1cc2c(cnn2C)cc1Nc1cc(NC(=O)C2CC2)ncn1.COc1cc2c(cnn2C)cc1Nc1cc(NC(=O)C2CC2)ncn1.Nc1cc(NC(=O)C2CC2)ncn1.O=CO.O=CO. The number of methoxy groups -OCH3 is 4. The zero-order valence-electron chi connectivity index (χ0n) is 51.9. The first kappa shape index (κ1) is 69.0. The molecule has 0 spiro atoms. The number of rotatable bonds is 14. The minimum Gasteiger partial charge on any atom is -0.496 e. The Balaban J connectivity index is 0.000000153. The number of aryl methyl sites for hydroxylation is 3. The van der Waals surface area contributed by atoms with Crippen molar-refractivity contribution in [2.75, 3.05) is 60.8 Å². The second-order valence-corrected chi connectivity index (χ2v) is 22.6. The van der Waals surface area contributed by atoms with Crippen molar-refractivity contribution in [1.82, 2.24) is 59.2 Å². The van der Waals surface area contributed by atoms with E-state index in [9.17, 15) is 14.4 Å². The summed E-state index contributed by atoms with van der Waals surface area (Å²) in [5.74, 6) is 6.49. The lowest BCUT2D eigenvalue weighted by atomic mass is 10.1. The highest BCUT2D eigenvalue weighted by Crippen LogP contribution is 2.37. The molecular weight excluding hydrogens is 1350 g/mol. The second kappa shape index (κ2) is 32.9. The average Bonchev–Trinajstić information content (AvgIpc) is 1.57. The number of ether oxygens (including phenoxy) is 4. The number of hydrogen-bond donors (Lipinski definition) is 8. The van der Waals surface area contributed by atoms with E-state index >= 15 is 0 Å². The average molecular weight is 1410 g/mol. The Kier molecular flexibility index (Phi) is 24.2. The molecule has 0 bridgehead atoms. The van der Waals surface area contributed by atoms with Crippen molar-refractivity contribution in [3.05, 3.63) is 124 Å². The first-order valence-corrected chi connectivity index (χ1v) is 30.3. The molecule has 0 radical (unpaired) electrons. The number of anilines is 8. The molecule has 94 heavy (non-hydrogen) atoms. The maximum atomic E-state index is 11.9. The van der Waals surface area contributed by atoms with Crippen LogP contribution in [0.2, 0.25) is 0 Å². The fraction of sp³-hybridized carbons (Fsp3) is 0.274. The van der Waals surface area contributed by atoms with E-state index in [0.29, 0.717) is 46.4 Å². The smallest absolute Gasteiger partial charge is 0.290 e. The number of hydrogen-bond acceptors (Lipinski definition) is 22. The number of nitrogens with one attached hydrogen (secondary N) is 5. The van der Waals surface area contributed by atoms with Crippen molar-refractivity contribution >= 4 is 148 Å². The third kappa shape index (κ3) is 19.1. The van der Waals surface area contributed by atoms with Gasteiger partial charge in [-0.3, -0.25) is 43.0 Å². The Hall–Kier alpha value is -10.9. The van der Waals surface area contributed by atoms with Crippen LogP contribution in [0, 0.1) is 17.8 Å². The first-order chi connectivity index (χ1) is 45.4. The van der Waals surface area contributed by atoms with Crippen LogP contribution >= 0.6 is 31.9 Å². The maximum Gasteiger partial charge on any atom is 0.290 e. The fourth-order valence-electron chi connectivity index (χ4n) is 8.90. The van der Waals surface area contributed by atoms with Crippen LogP contribution in [-0.2, 0) is 51.7 Å². The van der Waals surface area contributed by atoms with Gasteiger partial charge in [-0.2, -0.15) is 15.3 Å². The van der Waals surface area contributed by atoms with Crippen molar-refractivity contribution in [2.24, 2.45) is 43.9 Å². The van der Waals surface area contributed by atoms with Gasteiger partial charge in [0.15, 0.2) is 0 Å². The predicted molar refractivity (Wildman–Crippen MR) is 360 cm³/mol. The van der Waals surface area contributed by atoms with Crippen LogP contribution in [-0.4, -0.2) is 135 Å². The Bertz CT molecular complexity index is 4180. The molecule has 0 atom stereocenters. The number of carboxylic acid groups (broad SMARTS) is 2. The van der Waals surface area contributed by atoms with E-state index in [1.54, 1.807) is 68.4 Å². The van der Waals surface area contributed by atoms with E-state index in [0.717, 1.165) is 110 Å². The summed E-state index contributed by atoms with van der Waals surface area (Å²) in [5, 5.41) is 44.3. The molecular formula is C62H67Br2N19O11. The van der Waals surface area contributed by atoms with Gasteiger partial charge in [0, 0.05) is 97.7 Å². The molecule has 3 saturated carbocycles. The highest BCUT2D eigenvalue weighted by Gasteiger charge is 2.31. The summed E-state index contributed by atoms with van der Waals surface area (Å²) in [6, 6.07) is 20.7. The molecule has 0 saturated heterocycles. The van der Waals surface area contributed by atoms with Gasteiger partial charge in [-0.05, 0) is 112 Å². The molecule has 4 aromatic carbocycles. The summed E-state index contributed by atoms with van der Waals surface area (Å²) in [7, 11) is 12.2. The molecule has 1 aliphatic heterocycles. The molecule has 3 aliphatic carbocycles. The number of aromatic nitrogens is 12. The van der Waals surface area contributed by atoms with Gasteiger partial charge in [0.1, 0.15) is 76.9 Å². The third-order valence-electron chi connectivity index (χ3n) is 14.2. The third-order valence-corrected chi connectivity index (χ3v) is 15.4. The number of halogens is 2. The second-order valence-electron chi connectivity index (χ2n) is 20.9. The highest BCUT2D eigenvalue weighted by atomic mass is 79.9. The Labute approximate surface area is 554 Å². The molecule has 10 aromatic rings. The Morgan fingerprint density at radius 1 is 0.500 bits per heavy atom. The number of benzene rings is 4. The zero-order chi connectivity index (χ0) is 67.4. The number of nitrogens with zero attached hydrogens (tertiary/aromatic N) is 13. The first-order valence-electron chi connectivity index (χ1n) is 28.7. The monoisotopic (exact) mass is 1410 g/mol. The summed E-state index contributed by atoms with van der Waals surface area (Å²) in [4.78, 5) is 80.1. The van der Waals surface area contributed by atoms with E-state index in [-0.39, 0.29) is 48.4 Å². The predicted octanol–water partition coefficient (Wildman–Crippen LogP) is 9.47. The normalized spacial score (nSPS) is 12.8. The van der Waals surface area contributed by atoms with Crippen LogP contribution < -0.4 is 51.3 Å². The molecule has 14 rings (SSSR count). The minimum absolute atomic E-state index is 0.0130. The summed E-state index contributed by atoms with van der Waals surface area (Å²) in [6.45, 7) is 0.277. The van der Waals surface area contributed by atoms with Gasteiger partial charge >= 0.3 is 0 Å². The van der Waals surface area contributed by atoms with Crippen LogP contribution in [0.4, 0.5) is 46.3 Å². The lowest BCUT2D eigenvalue weighted by molar-refractivity contribution is -0.123. The van der Waals surface area contributed by atoms with E-state index < -0.39 is 0 Å². The molecule has 7 heterocycles. The van der Waals surface area contributed by atoms with Crippen molar-refractivity contribution in [1.29, 1.82) is 0 Å². The molecule has 6 aromatic heterocycles. The Morgan fingerprint density at radius 2 is 0.851 bits per heavy atom. The van der Waals surface area contributed by atoms with Crippen molar-refractivity contribution in [2.45, 2.75) is 45.1 Å². The van der Waals surface area contributed by atoms with E-state index in [4.69, 9.17) is 44.5 Å². The van der Waals surface area contributed by atoms with E-state index in [1.165, 1.54) is 30.1 Å². The van der Waals surface area contributed by atoms with Crippen LogP contribution in [0.5, 0.6) is 23.0 Å². The molecule has 9 N–H and O–H groups in total. The summed E-state index contributed by atoms with van der Waals surface area (Å²) in [5.41, 5.74) is 12.4. The van der Waals surface area contributed by atoms with Gasteiger partial charge in [0.25, 0.3) is 12.9 Å². The molecule has 32 heteroatoms. The van der Waals surface area contributed by atoms with Gasteiger partial charge in [0.2, 0.25) is 17.7 Å². The quantitative estimate of drug-likeness (QED) is 0.0469. The molecule has 490 valence electrons. The number of carbonyl (C=O) groups excluding carboxylic acids is 3. The molecule has 4 aliphatic rings. The summed E-state index contributed by atoms with van der Waals surface area (Å²) in [6.07, 6.45) is 17.2. The lowest BCUT2D eigenvalue weighted by Gasteiger charge is -2.12. The van der Waals surface area contributed by atoms with Gasteiger partial charge in [0.05, 0.1) is 90.4 Å². The lowest BCUT2D eigenvalue weighted by Crippen LogP contribution is -2.14. The molecule has 3 amide bonds. The minimum atomic E-state index is -0.250. The molecule has 0 unspecified atom stereocenters. The maximum absolute atomic E-state index is 11.9. The summed E-state index contributed by atoms with van der Waals surface area (Å²) >= 11 is 6.85. The Morgan fingerprint density at radius 3 is 1.24 bits per heavy atom. The van der Waals surface area contributed by atoms with Crippen molar-refractivity contribution in [3.8, 4) is 23.0 Å². The van der Waals surface area contributed by atoms with Crippen molar-refractivity contribution < 1.29 is 53.1 Å².